The van der Waals surface area contributed by atoms with E-state index in [1.807, 2.05) is 0 Å². The second-order valence-electron chi connectivity index (χ2n) is 4.84. The van der Waals surface area contributed by atoms with Crippen LogP contribution in [0.4, 0.5) is 0 Å². The van der Waals surface area contributed by atoms with E-state index in [1.54, 1.807) is 0 Å². The van der Waals surface area contributed by atoms with Crippen LogP contribution < -0.4 is 5.32 Å². The molecule has 0 radical (unpaired) electrons. The van der Waals surface area contributed by atoms with Crippen LogP contribution in [0.2, 0.25) is 0 Å². The van der Waals surface area contributed by atoms with Gasteiger partial charge in [-0.05, 0) is 37.1 Å². The Bertz CT molecular complexity index is 477. The Balaban J connectivity index is 2.20. The van der Waals surface area contributed by atoms with E-state index in [2.05, 4.69) is 60.2 Å². The van der Waals surface area contributed by atoms with Crippen LogP contribution in [0.25, 0.3) is 11.0 Å². The molecule has 0 bridgehead atoms. The molecule has 0 saturated carbocycles. The summed E-state index contributed by atoms with van der Waals surface area (Å²) in [5.74, 6) is 1.66. The maximum atomic E-state index is 5.87. The Hall–Kier alpha value is -0.800. The van der Waals surface area contributed by atoms with Crippen LogP contribution in [0.1, 0.15) is 25.2 Å². The number of fused-ring (bicyclic) bond motifs is 1. The molecule has 0 amide bonds. The van der Waals surface area contributed by atoms with Crippen LogP contribution in [0.5, 0.6) is 0 Å². The van der Waals surface area contributed by atoms with Crippen molar-refractivity contribution in [1.29, 1.82) is 0 Å². The fraction of sp³-hybridized carbons (Fsp3) is 0.429. The normalized spacial score (nSPS) is 11.6. The molecular weight excluding hydrogens is 278 g/mol. The third-order valence-electron chi connectivity index (χ3n) is 2.73. The average molecular weight is 296 g/mol. The van der Waals surface area contributed by atoms with Crippen LogP contribution >= 0.6 is 15.9 Å². The van der Waals surface area contributed by atoms with E-state index in [0.29, 0.717) is 5.92 Å². The van der Waals surface area contributed by atoms with Gasteiger partial charge in [0.2, 0.25) is 0 Å². The first-order chi connectivity index (χ1) is 8.08. The summed E-state index contributed by atoms with van der Waals surface area (Å²) in [6.07, 6.45) is 0. The molecule has 1 heterocycles. The quantitative estimate of drug-likeness (QED) is 0.912. The monoisotopic (exact) mass is 295 g/mol. The number of furan rings is 1. The lowest BCUT2D eigenvalue weighted by Gasteiger charge is -2.04. The number of halogens is 1. The Kier molecular flexibility index (Phi) is 3.89. The van der Waals surface area contributed by atoms with E-state index in [-0.39, 0.29) is 0 Å². The maximum Gasteiger partial charge on any atom is 0.138 e. The molecule has 2 aromatic rings. The van der Waals surface area contributed by atoms with Gasteiger partial charge in [-0.2, -0.15) is 0 Å². The third-order valence-corrected chi connectivity index (χ3v) is 3.42. The second kappa shape index (κ2) is 5.23. The first kappa shape index (κ1) is 12.7. The second-order valence-corrected chi connectivity index (χ2v) is 5.70. The number of benzene rings is 1. The molecule has 0 spiro atoms. The highest BCUT2D eigenvalue weighted by Gasteiger charge is 2.08. The molecular formula is C14H18BrNO. The predicted molar refractivity (Wildman–Crippen MR) is 75.2 cm³/mol. The van der Waals surface area contributed by atoms with E-state index >= 15 is 0 Å². The molecule has 0 aliphatic heterocycles. The molecule has 0 unspecified atom stereocenters. The van der Waals surface area contributed by atoms with E-state index in [4.69, 9.17) is 4.42 Å². The van der Waals surface area contributed by atoms with Gasteiger partial charge >= 0.3 is 0 Å². The number of hydrogen-bond donors (Lipinski definition) is 1. The Morgan fingerprint density at radius 3 is 2.76 bits per heavy atom. The lowest BCUT2D eigenvalue weighted by atomic mass is 10.2. The molecule has 17 heavy (non-hydrogen) atoms. The first-order valence-electron chi connectivity index (χ1n) is 5.96. The van der Waals surface area contributed by atoms with Crippen molar-refractivity contribution in [2.24, 2.45) is 5.92 Å². The fourth-order valence-corrected chi connectivity index (χ4v) is 2.27. The summed E-state index contributed by atoms with van der Waals surface area (Å²) in [6, 6.07) is 6.25. The summed E-state index contributed by atoms with van der Waals surface area (Å²) in [4.78, 5) is 0. The highest BCUT2D eigenvalue weighted by atomic mass is 79.9. The minimum atomic E-state index is 0.660. The highest BCUT2D eigenvalue weighted by molar-refractivity contribution is 9.10. The molecule has 0 atom stereocenters. The summed E-state index contributed by atoms with van der Waals surface area (Å²) >= 11 is 3.56. The molecule has 0 fully saturated rings. The van der Waals surface area contributed by atoms with Crippen LogP contribution in [0.3, 0.4) is 0 Å². The zero-order valence-electron chi connectivity index (χ0n) is 10.5. The molecule has 2 nitrogen and oxygen atoms in total. The zero-order valence-corrected chi connectivity index (χ0v) is 12.1. The smallest absolute Gasteiger partial charge is 0.138 e. The average Bonchev–Trinajstić information content (AvgIpc) is 2.68. The third kappa shape index (κ3) is 2.90. The van der Waals surface area contributed by atoms with Crippen LogP contribution in [0, 0.1) is 12.8 Å². The standard InChI is InChI=1S/C14H18BrNO/c1-9(2)7-16-8-11-6-12-13(15)5-4-10(3)14(12)17-11/h4-6,9,16H,7-8H2,1-3H3. The Morgan fingerprint density at radius 2 is 2.12 bits per heavy atom. The molecule has 2 rings (SSSR count). The van der Waals surface area contributed by atoms with Crippen molar-refractivity contribution in [3.8, 4) is 0 Å². The highest BCUT2D eigenvalue weighted by Crippen LogP contribution is 2.29. The summed E-state index contributed by atoms with van der Waals surface area (Å²) in [6.45, 7) is 8.28. The van der Waals surface area contributed by atoms with E-state index in [1.165, 1.54) is 5.56 Å². The van der Waals surface area contributed by atoms with Gasteiger partial charge < -0.3 is 9.73 Å². The minimum absolute atomic E-state index is 0.660. The summed E-state index contributed by atoms with van der Waals surface area (Å²) in [5.41, 5.74) is 2.17. The van der Waals surface area contributed by atoms with Crippen LogP contribution in [-0.2, 0) is 6.54 Å². The fourth-order valence-electron chi connectivity index (χ4n) is 1.85. The lowest BCUT2D eigenvalue weighted by molar-refractivity contribution is 0.484. The van der Waals surface area contributed by atoms with E-state index in [0.717, 1.165) is 34.3 Å². The van der Waals surface area contributed by atoms with Crippen molar-refractivity contribution in [1.82, 2.24) is 5.32 Å². The first-order valence-corrected chi connectivity index (χ1v) is 6.75. The predicted octanol–water partition coefficient (Wildman–Crippen LogP) is 4.25. The van der Waals surface area contributed by atoms with Gasteiger partial charge in [-0.1, -0.05) is 35.8 Å². The molecule has 0 saturated heterocycles. The van der Waals surface area contributed by atoms with Crippen LogP contribution in [-0.4, -0.2) is 6.54 Å². The van der Waals surface area contributed by atoms with Crippen molar-refractivity contribution in [2.75, 3.05) is 6.54 Å². The summed E-state index contributed by atoms with van der Waals surface area (Å²) in [7, 11) is 0. The summed E-state index contributed by atoms with van der Waals surface area (Å²) in [5, 5.41) is 4.55. The van der Waals surface area contributed by atoms with Crippen molar-refractivity contribution >= 4 is 26.9 Å². The van der Waals surface area contributed by atoms with Gasteiger partial charge in [-0.15, -0.1) is 0 Å². The minimum Gasteiger partial charge on any atom is -0.459 e. The van der Waals surface area contributed by atoms with Crippen molar-refractivity contribution in [3.05, 3.63) is 34.0 Å². The number of rotatable bonds is 4. The summed E-state index contributed by atoms with van der Waals surface area (Å²) < 4.78 is 6.96. The number of nitrogens with one attached hydrogen (secondary N) is 1. The van der Waals surface area contributed by atoms with Crippen molar-refractivity contribution < 1.29 is 4.42 Å². The van der Waals surface area contributed by atoms with Crippen molar-refractivity contribution in [2.45, 2.75) is 27.3 Å². The largest absolute Gasteiger partial charge is 0.459 e. The van der Waals surface area contributed by atoms with Crippen molar-refractivity contribution in [3.63, 3.8) is 0 Å². The molecule has 1 aromatic carbocycles. The lowest BCUT2D eigenvalue weighted by Crippen LogP contribution is -2.18. The maximum absolute atomic E-state index is 5.87. The Morgan fingerprint density at radius 1 is 1.35 bits per heavy atom. The zero-order chi connectivity index (χ0) is 12.4. The van der Waals surface area contributed by atoms with Gasteiger partial charge in [-0.25, -0.2) is 0 Å². The van der Waals surface area contributed by atoms with E-state index < -0.39 is 0 Å². The van der Waals surface area contributed by atoms with Gasteiger partial charge in [-0.3, -0.25) is 0 Å². The van der Waals surface area contributed by atoms with Gasteiger partial charge in [0.05, 0.1) is 6.54 Å². The molecule has 1 N–H and O–H groups in total. The molecule has 3 heteroatoms. The van der Waals surface area contributed by atoms with Gasteiger partial charge in [0.25, 0.3) is 0 Å². The Labute approximate surface area is 111 Å². The van der Waals surface area contributed by atoms with Gasteiger partial charge in [0.15, 0.2) is 0 Å². The topological polar surface area (TPSA) is 25.2 Å². The number of hydrogen-bond acceptors (Lipinski definition) is 2. The molecule has 92 valence electrons. The van der Waals surface area contributed by atoms with Crippen LogP contribution in [0.15, 0.2) is 27.1 Å². The molecule has 0 aliphatic rings. The van der Waals surface area contributed by atoms with Gasteiger partial charge in [0, 0.05) is 9.86 Å². The molecule has 1 aromatic heterocycles. The SMILES string of the molecule is Cc1ccc(Br)c2cc(CNCC(C)C)oc12. The number of aryl methyl sites for hydroxylation is 1. The van der Waals surface area contributed by atoms with E-state index in [9.17, 15) is 0 Å². The van der Waals surface area contributed by atoms with Gasteiger partial charge in [0.1, 0.15) is 11.3 Å². The molecule has 0 aliphatic carbocycles.